The summed E-state index contributed by atoms with van der Waals surface area (Å²) < 4.78 is 68.7. The molecule has 0 spiro atoms. The van der Waals surface area contributed by atoms with E-state index >= 15 is 0 Å². The third kappa shape index (κ3) is 4.41. The lowest BCUT2D eigenvalue weighted by atomic mass is 10.2. The molecular formula is C19H18F5N3O. The van der Waals surface area contributed by atoms with Crippen molar-refractivity contribution in [3.63, 3.8) is 0 Å². The Kier molecular flexibility index (Phi) is 5.55. The molecular weight excluding hydrogens is 381 g/mol. The Morgan fingerprint density at radius 1 is 1.07 bits per heavy atom. The first kappa shape index (κ1) is 20.1. The number of para-hydroxylation sites is 2. The number of hydrogen-bond donors (Lipinski definition) is 0. The maximum Gasteiger partial charge on any atom is 0.573 e. The van der Waals surface area contributed by atoms with E-state index in [1.54, 1.807) is 43.1 Å². The molecule has 9 heteroatoms. The number of halogens is 5. The van der Waals surface area contributed by atoms with Gasteiger partial charge >= 0.3 is 12.9 Å². The summed E-state index contributed by atoms with van der Waals surface area (Å²) in [6.07, 6.45) is -4.75. The molecule has 0 saturated heterocycles. The summed E-state index contributed by atoms with van der Waals surface area (Å²) in [4.78, 5) is 6.14. The molecule has 0 amide bonds. The molecule has 1 unspecified atom stereocenters. The Labute approximate surface area is 158 Å². The van der Waals surface area contributed by atoms with Gasteiger partial charge in [0, 0.05) is 6.54 Å². The minimum Gasteiger partial charge on any atom is -0.406 e. The molecule has 2 aromatic carbocycles. The zero-order chi connectivity index (χ0) is 20.5. The van der Waals surface area contributed by atoms with Crippen LogP contribution in [0.25, 0.3) is 11.0 Å². The Balaban J connectivity index is 1.79. The lowest BCUT2D eigenvalue weighted by Gasteiger charge is -2.25. The van der Waals surface area contributed by atoms with Crippen molar-refractivity contribution in [2.24, 2.45) is 0 Å². The largest absolute Gasteiger partial charge is 0.573 e. The van der Waals surface area contributed by atoms with Crippen molar-refractivity contribution in [2.45, 2.75) is 32.4 Å². The highest BCUT2D eigenvalue weighted by atomic mass is 19.4. The average molecular weight is 399 g/mol. The van der Waals surface area contributed by atoms with Gasteiger partial charge in [0.05, 0.1) is 17.1 Å². The number of benzene rings is 2. The van der Waals surface area contributed by atoms with Crippen LogP contribution >= 0.6 is 0 Å². The molecule has 0 radical (unpaired) electrons. The third-order valence-corrected chi connectivity index (χ3v) is 4.44. The predicted octanol–water partition coefficient (Wildman–Crippen LogP) is 5.52. The highest BCUT2D eigenvalue weighted by molar-refractivity contribution is 5.76. The Hall–Kier alpha value is -2.68. The van der Waals surface area contributed by atoms with Crippen molar-refractivity contribution in [1.82, 2.24) is 14.5 Å². The fourth-order valence-corrected chi connectivity index (χ4v) is 2.98. The second-order valence-electron chi connectivity index (χ2n) is 6.39. The first-order valence-corrected chi connectivity index (χ1v) is 8.45. The van der Waals surface area contributed by atoms with E-state index in [9.17, 15) is 22.0 Å². The molecule has 28 heavy (non-hydrogen) atoms. The van der Waals surface area contributed by atoms with Crippen LogP contribution in [0.1, 0.15) is 30.9 Å². The number of aromatic nitrogens is 2. The number of hydrogen-bond acceptors (Lipinski definition) is 3. The maximum atomic E-state index is 13.6. The van der Waals surface area contributed by atoms with E-state index in [1.807, 2.05) is 0 Å². The van der Waals surface area contributed by atoms with Crippen molar-refractivity contribution in [2.75, 3.05) is 7.05 Å². The molecule has 150 valence electrons. The molecule has 0 N–H and O–H groups in total. The van der Waals surface area contributed by atoms with E-state index in [2.05, 4.69) is 9.72 Å². The van der Waals surface area contributed by atoms with Crippen LogP contribution in [0, 0.1) is 0 Å². The second-order valence-corrected chi connectivity index (χ2v) is 6.39. The van der Waals surface area contributed by atoms with Crippen molar-refractivity contribution < 1.29 is 26.7 Å². The Morgan fingerprint density at radius 2 is 1.71 bits per heavy atom. The SMILES string of the molecule is CC(c1nc2ccccc2n1C(F)F)N(C)Cc1ccc(OC(F)(F)F)cc1. The van der Waals surface area contributed by atoms with Crippen molar-refractivity contribution in [3.8, 4) is 5.75 Å². The van der Waals surface area contributed by atoms with Gasteiger partial charge in [-0.25, -0.2) is 4.98 Å². The van der Waals surface area contributed by atoms with Gasteiger partial charge in [-0.3, -0.25) is 9.47 Å². The number of rotatable bonds is 6. The summed E-state index contributed by atoms with van der Waals surface area (Å²) >= 11 is 0. The smallest absolute Gasteiger partial charge is 0.406 e. The zero-order valence-electron chi connectivity index (χ0n) is 15.1. The number of ether oxygens (including phenoxy) is 1. The average Bonchev–Trinajstić information content (AvgIpc) is 3.01. The fourth-order valence-electron chi connectivity index (χ4n) is 2.98. The third-order valence-electron chi connectivity index (χ3n) is 4.44. The molecule has 0 aliphatic rings. The summed E-state index contributed by atoms with van der Waals surface area (Å²) in [5, 5.41) is 0. The topological polar surface area (TPSA) is 30.3 Å². The molecule has 3 rings (SSSR count). The molecule has 0 fully saturated rings. The van der Waals surface area contributed by atoms with Crippen LogP contribution in [-0.2, 0) is 6.54 Å². The van der Waals surface area contributed by atoms with Gasteiger partial charge in [-0.15, -0.1) is 13.2 Å². The van der Waals surface area contributed by atoms with Gasteiger partial charge in [-0.1, -0.05) is 24.3 Å². The van der Waals surface area contributed by atoms with Crippen LogP contribution in [0.4, 0.5) is 22.0 Å². The molecule has 0 bridgehead atoms. The Bertz CT molecular complexity index is 937. The number of nitrogens with zero attached hydrogens (tertiary/aromatic N) is 3. The van der Waals surface area contributed by atoms with Crippen molar-refractivity contribution in [1.29, 1.82) is 0 Å². The molecule has 4 nitrogen and oxygen atoms in total. The van der Waals surface area contributed by atoms with Crippen LogP contribution in [-0.4, -0.2) is 27.9 Å². The van der Waals surface area contributed by atoms with E-state index in [1.165, 1.54) is 24.3 Å². The molecule has 1 atom stereocenters. The molecule has 3 aromatic rings. The van der Waals surface area contributed by atoms with Gasteiger partial charge < -0.3 is 4.74 Å². The highest BCUT2D eigenvalue weighted by Crippen LogP contribution is 2.30. The fraction of sp³-hybridized carbons (Fsp3) is 0.316. The van der Waals surface area contributed by atoms with Gasteiger partial charge in [0.15, 0.2) is 0 Å². The normalized spacial score (nSPS) is 13.5. The summed E-state index contributed by atoms with van der Waals surface area (Å²) in [5.41, 5.74) is 1.54. The summed E-state index contributed by atoms with van der Waals surface area (Å²) in [5.74, 6) is -0.0952. The van der Waals surface area contributed by atoms with E-state index in [-0.39, 0.29) is 11.6 Å². The Morgan fingerprint density at radius 3 is 2.32 bits per heavy atom. The van der Waals surface area contributed by atoms with Gasteiger partial charge in [-0.05, 0) is 43.8 Å². The summed E-state index contributed by atoms with van der Waals surface area (Å²) in [6.45, 7) is -0.654. The van der Waals surface area contributed by atoms with Crippen LogP contribution in [0.5, 0.6) is 5.75 Å². The van der Waals surface area contributed by atoms with E-state index in [0.29, 0.717) is 23.1 Å². The van der Waals surface area contributed by atoms with Gasteiger partial charge in [0.1, 0.15) is 11.6 Å². The van der Waals surface area contributed by atoms with E-state index in [0.717, 1.165) is 4.57 Å². The zero-order valence-corrected chi connectivity index (χ0v) is 15.1. The lowest BCUT2D eigenvalue weighted by Crippen LogP contribution is -2.25. The van der Waals surface area contributed by atoms with Crippen LogP contribution in [0.2, 0.25) is 0 Å². The van der Waals surface area contributed by atoms with Crippen molar-refractivity contribution in [3.05, 3.63) is 59.9 Å². The van der Waals surface area contributed by atoms with E-state index < -0.39 is 19.0 Å². The van der Waals surface area contributed by atoms with E-state index in [4.69, 9.17) is 0 Å². The first-order chi connectivity index (χ1) is 13.2. The summed E-state index contributed by atoms with van der Waals surface area (Å²) in [7, 11) is 1.74. The molecule has 0 aliphatic heterocycles. The number of alkyl halides is 5. The maximum absolute atomic E-state index is 13.6. The van der Waals surface area contributed by atoms with Gasteiger partial charge in [0.25, 0.3) is 0 Å². The first-order valence-electron chi connectivity index (χ1n) is 8.45. The highest BCUT2D eigenvalue weighted by Gasteiger charge is 2.31. The second kappa shape index (κ2) is 7.75. The molecule has 0 saturated carbocycles. The van der Waals surface area contributed by atoms with Crippen LogP contribution in [0.15, 0.2) is 48.5 Å². The minimum atomic E-state index is -4.75. The molecule has 0 aliphatic carbocycles. The number of imidazole rings is 1. The predicted molar refractivity (Wildman–Crippen MR) is 94.0 cm³/mol. The minimum absolute atomic E-state index is 0.218. The lowest BCUT2D eigenvalue weighted by molar-refractivity contribution is -0.274. The van der Waals surface area contributed by atoms with Crippen LogP contribution in [0.3, 0.4) is 0 Å². The quantitative estimate of drug-likeness (QED) is 0.511. The van der Waals surface area contributed by atoms with Gasteiger partial charge in [0.2, 0.25) is 0 Å². The molecule has 1 heterocycles. The van der Waals surface area contributed by atoms with Crippen LogP contribution < -0.4 is 4.74 Å². The monoisotopic (exact) mass is 399 g/mol. The van der Waals surface area contributed by atoms with Gasteiger partial charge in [-0.2, -0.15) is 8.78 Å². The molecule has 1 aromatic heterocycles. The summed E-state index contributed by atoms with van der Waals surface area (Å²) in [6, 6.07) is 11.6. The van der Waals surface area contributed by atoms with Crippen molar-refractivity contribution >= 4 is 11.0 Å². The standard InChI is InChI=1S/C19H18F5N3O/c1-12(17-25-15-5-3-4-6-16(15)27(17)18(20)21)26(2)11-13-7-9-14(10-8-13)28-19(22,23)24/h3-10,12,18H,11H2,1-2H3. The number of fused-ring (bicyclic) bond motifs is 1.